The summed E-state index contributed by atoms with van der Waals surface area (Å²) in [7, 11) is 1.88. The molecule has 166 valence electrons. The molecule has 0 fully saturated rings. The molecule has 0 aliphatic carbocycles. The largest absolute Gasteiger partial charge is 0.508 e. The molecule has 8 heteroatoms. The molecular formula is C22H36N6O2. The van der Waals surface area contributed by atoms with E-state index in [4.69, 9.17) is 4.74 Å². The Hall–Kier alpha value is -2.87. The summed E-state index contributed by atoms with van der Waals surface area (Å²) in [5.41, 5.74) is 4.36. The molecule has 1 aromatic carbocycles. The van der Waals surface area contributed by atoms with Gasteiger partial charge in [-0.05, 0) is 44.2 Å². The summed E-state index contributed by atoms with van der Waals surface area (Å²) in [6.07, 6.45) is 3.67. The van der Waals surface area contributed by atoms with E-state index < -0.39 is 0 Å². The van der Waals surface area contributed by atoms with Crippen molar-refractivity contribution in [3.63, 3.8) is 0 Å². The number of nitrogens with one attached hydrogen (secondary N) is 2. The first-order chi connectivity index (χ1) is 14.7. The SMILES string of the molecule is CC.CCCN(CCC)c1nc(/C=N/Nc2ccc(O)cc2)cc(OCCNC)n1. The fourth-order valence-electron chi connectivity index (χ4n) is 2.53. The number of rotatable bonds is 12. The summed E-state index contributed by atoms with van der Waals surface area (Å²) in [6.45, 7) is 11.3. The zero-order valence-corrected chi connectivity index (χ0v) is 18.9. The molecule has 0 aliphatic heterocycles. The van der Waals surface area contributed by atoms with Crippen LogP contribution in [0.4, 0.5) is 11.6 Å². The van der Waals surface area contributed by atoms with Gasteiger partial charge in [0.15, 0.2) is 0 Å². The number of phenols is 1. The number of ether oxygens (including phenoxy) is 1. The van der Waals surface area contributed by atoms with Crippen LogP contribution in [0.5, 0.6) is 11.6 Å². The highest BCUT2D eigenvalue weighted by atomic mass is 16.5. The Morgan fingerprint density at radius 3 is 2.37 bits per heavy atom. The predicted octanol–water partition coefficient (Wildman–Crippen LogP) is 3.88. The maximum absolute atomic E-state index is 9.34. The lowest BCUT2D eigenvalue weighted by molar-refractivity contribution is 0.306. The molecule has 1 aromatic heterocycles. The Morgan fingerprint density at radius 2 is 1.77 bits per heavy atom. The quantitative estimate of drug-likeness (QED) is 0.209. The van der Waals surface area contributed by atoms with Crippen LogP contribution in [0.3, 0.4) is 0 Å². The summed E-state index contributed by atoms with van der Waals surface area (Å²) in [6, 6.07) is 8.46. The minimum atomic E-state index is 0.213. The lowest BCUT2D eigenvalue weighted by Crippen LogP contribution is -2.27. The van der Waals surface area contributed by atoms with Crippen molar-refractivity contribution in [2.24, 2.45) is 5.10 Å². The number of hydrogen-bond acceptors (Lipinski definition) is 8. The number of hydrazone groups is 1. The highest BCUT2D eigenvalue weighted by Crippen LogP contribution is 2.17. The van der Waals surface area contributed by atoms with Crippen LogP contribution in [-0.4, -0.2) is 54.6 Å². The first-order valence-corrected chi connectivity index (χ1v) is 10.7. The number of phenolic OH excluding ortho intramolecular Hbond substituents is 1. The number of aromatic nitrogens is 2. The molecule has 0 aliphatic rings. The molecule has 0 spiro atoms. The molecule has 0 saturated carbocycles. The van der Waals surface area contributed by atoms with Gasteiger partial charge in [-0.15, -0.1) is 0 Å². The van der Waals surface area contributed by atoms with E-state index in [-0.39, 0.29) is 5.75 Å². The lowest BCUT2D eigenvalue weighted by Gasteiger charge is -2.22. The molecule has 3 N–H and O–H groups in total. The highest BCUT2D eigenvalue weighted by Gasteiger charge is 2.11. The molecule has 0 radical (unpaired) electrons. The van der Waals surface area contributed by atoms with Gasteiger partial charge in [0.05, 0.1) is 17.6 Å². The van der Waals surface area contributed by atoms with Crippen LogP contribution >= 0.6 is 0 Å². The Balaban J connectivity index is 0.00000218. The second-order valence-corrected chi connectivity index (χ2v) is 6.29. The van der Waals surface area contributed by atoms with Gasteiger partial charge in [-0.3, -0.25) is 5.43 Å². The molecule has 0 bridgehead atoms. The van der Waals surface area contributed by atoms with Crippen molar-refractivity contribution in [2.45, 2.75) is 40.5 Å². The molecule has 0 atom stereocenters. The van der Waals surface area contributed by atoms with Crippen molar-refractivity contribution in [1.82, 2.24) is 15.3 Å². The van der Waals surface area contributed by atoms with Gasteiger partial charge in [-0.1, -0.05) is 27.7 Å². The molecule has 2 rings (SSSR count). The maximum atomic E-state index is 9.34. The van der Waals surface area contributed by atoms with Crippen molar-refractivity contribution < 1.29 is 9.84 Å². The Bertz CT molecular complexity index is 731. The standard InChI is InChI=1S/C20H30N6O2.C2H6/c1-4-11-26(12-5-2)20-23-17(14-19(24-20)28-13-10-21-3)15-22-25-16-6-8-18(27)9-7-16;1-2/h6-9,14-15,21,25,27H,4-5,10-13H2,1-3H3;1-2H3/b22-15+;. The van der Waals surface area contributed by atoms with Crippen molar-refractivity contribution in [3.05, 3.63) is 36.0 Å². The number of anilines is 2. The minimum Gasteiger partial charge on any atom is -0.508 e. The zero-order valence-electron chi connectivity index (χ0n) is 18.9. The molecule has 8 nitrogen and oxygen atoms in total. The van der Waals surface area contributed by atoms with Crippen LogP contribution in [0.2, 0.25) is 0 Å². The molecule has 0 saturated heterocycles. The van der Waals surface area contributed by atoms with E-state index in [9.17, 15) is 5.11 Å². The summed E-state index contributed by atoms with van der Waals surface area (Å²) >= 11 is 0. The fraction of sp³-hybridized carbons (Fsp3) is 0.500. The second kappa shape index (κ2) is 15.0. The van der Waals surface area contributed by atoms with Gasteiger partial charge >= 0.3 is 0 Å². The van der Waals surface area contributed by atoms with Gasteiger partial charge in [0, 0.05) is 25.7 Å². The number of nitrogens with zero attached hydrogens (tertiary/aromatic N) is 4. The third kappa shape index (κ3) is 9.09. The van der Waals surface area contributed by atoms with Gasteiger partial charge < -0.3 is 20.1 Å². The third-order valence-corrected chi connectivity index (χ3v) is 3.84. The van der Waals surface area contributed by atoms with Gasteiger partial charge in [-0.2, -0.15) is 10.1 Å². The molecular weight excluding hydrogens is 380 g/mol. The van der Waals surface area contributed by atoms with Crippen molar-refractivity contribution in [2.75, 3.05) is 43.6 Å². The lowest BCUT2D eigenvalue weighted by atomic mass is 10.3. The van der Waals surface area contributed by atoms with Gasteiger partial charge in [0.1, 0.15) is 12.4 Å². The average molecular weight is 417 g/mol. The summed E-state index contributed by atoms with van der Waals surface area (Å²) in [5, 5.41) is 16.6. The Kier molecular flexibility index (Phi) is 12.6. The van der Waals surface area contributed by atoms with E-state index in [1.165, 1.54) is 0 Å². The summed E-state index contributed by atoms with van der Waals surface area (Å²) in [5.74, 6) is 1.39. The van der Waals surface area contributed by atoms with Crippen molar-refractivity contribution in [1.29, 1.82) is 0 Å². The Morgan fingerprint density at radius 1 is 1.10 bits per heavy atom. The van der Waals surface area contributed by atoms with E-state index >= 15 is 0 Å². The van der Waals surface area contributed by atoms with Crippen LogP contribution in [-0.2, 0) is 0 Å². The van der Waals surface area contributed by atoms with E-state index in [0.717, 1.165) is 38.2 Å². The van der Waals surface area contributed by atoms with Crippen LogP contribution in [0.15, 0.2) is 35.4 Å². The first-order valence-electron chi connectivity index (χ1n) is 10.7. The van der Waals surface area contributed by atoms with Crippen molar-refractivity contribution in [3.8, 4) is 11.6 Å². The smallest absolute Gasteiger partial charge is 0.229 e. The van der Waals surface area contributed by atoms with E-state index in [1.807, 2.05) is 20.9 Å². The topological polar surface area (TPSA) is 94.9 Å². The zero-order chi connectivity index (χ0) is 22.2. The van der Waals surface area contributed by atoms with Crippen LogP contribution in [0.1, 0.15) is 46.2 Å². The van der Waals surface area contributed by atoms with E-state index in [1.54, 1.807) is 36.5 Å². The second-order valence-electron chi connectivity index (χ2n) is 6.29. The van der Waals surface area contributed by atoms with Gasteiger partial charge in [0.25, 0.3) is 0 Å². The molecule has 0 unspecified atom stereocenters. The van der Waals surface area contributed by atoms with Crippen LogP contribution < -0.4 is 20.4 Å². The number of likely N-dealkylation sites (N-methyl/N-ethyl adjacent to an activating group) is 1. The average Bonchev–Trinajstić information content (AvgIpc) is 2.76. The summed E-state index contributed by atoms with van der Waals surface area (Å²) in [4.78, 5) is 11.4. The van der Waals surface area contributed by atoms with E-state index in [0.29, 0.717) is 24.1 Å². The van der Waals surface area contributed by atoms with Crippen LogP contribution in [0, 0.1) is 0 Å². The Labute approximate surface area is 180 Å². The van der Waals surface area contributed by atoms with Gasteiger partial charge in [-0.25, -0.2) is 4.98 Å². The maximum Gasteiger partial charge on any atom is 0.229 e. The number of benzene rings is 1. The minimum absolute atomic E-state index is 0.213. The third-order valence-electron chi connectivity index (χ3n) is 3.84. The predicted molar refractivity (Wildman–Crippen MR) is 125 cm³/mol. The number of hydrogen-bond donors (Lipinski definition) is 3. The normalized spacial score (nSPS) is 10.4. The van der Waals surface area contributed by atoms with Crippen molar-refractivity contribution >= 4 is 17.9 Å². The molecule has 1 heterocycles. The molecule has 30 heavy (non-hydrogen) atoms. The monoisotopic (exact) mass is 416 g/mol. The molecule has 0 amide bonds. The number of aromatic hydroxyl groups is 1. The van der Waals surface area contributed by atoms with E-state index in [2.05, 4.69) is 44.6 Å². The van der Waals surface area contributed by atoms with Crippen LogP contribution in [0.25, 0.3) is 0 Å². The highest BCUT2D eigenvalue weighted by molar-refractivity contribution is 5.78. The first kappa shape index (κ1) is 25.2. The summed E-state index contributed by atoms with van der Waals surface area (Å²) < 4.78 is 5.76. The molecule has 2 aromatic rings. The van der Waals surface area contributed by atoms with Gasteiger partial charge in [0.2, 0.25) is 11.8 Å². The fourth-order valence-corrected chi connectivity index (χ4v) is 2.53.